The Morgan fingerprint density at radius 2 is 1.65 bits per heavy atom. The summed E-state index contributed by atoms with van der Waals surface area (Å²) in [6.07, 6.45) is 0.0300. The van der Waals surface area contributed by atoms with E-state index in [2.05, 4.69) is 67.8 Å². The maximum Gasteiger partial charge on any atom is 0.108 e. The highest BCUT2D eigenvalue weighted by Gasteiger charge is 2.16. The van der Waals surface area contributed by atoms with Crippen molar-refractivity contribution in [2.45, 2.75) is 13.0 Å². The average Bonchev–Trinajstić information content (AvgIpc) is 2.46. The minimum Gasteiger partial charge on any atom is -1.00 e. The topological polar surface area (TPSA) is 25.8 Å². The van der Waals surface area contributed by atoms with Gasteiger partial charge in [-0.1, -0.05) is 54.6 Å². The molecular formula is C17H22ClNO. The summed E-state index contributed by atoms with van der Waals surface area (Å²) in [7, 11) is 2.06. The molecule has 0 saturated carbocycles. The van der Waals surface area contributed by atoms with Gasteiger partial charge >= 0.3 is 0 Å². The van der Waals surface area contributed by atoms with Crippen LogP contribution in [0.5, 0.6) is 0 Å². The molecule has 2 aromatic carbocycles. The quantitative estimate of drug-likeness (QED) is 0.700. The lowest BCUT2D eigenvalue weighted by Crippen LogP contribution is -3.00. The maximum atomic E-state index is 6.10. The van der Waals surface area contributed by atoms with Gasteiger partial charge in [0.05, 0.1) is 20.2 Å². The minimum atomic E-state index is 0. The molecule has 2 N–H and O–H groups in total. The lowest BCUT2D eigenvalue weighted by molar-refractivity contribution is -0.629. The van der Waals surface area contributed by atoms with E-state index in [1.54, 1.807) is 0 Å². The molecule has 0 aliphatic rings. The lowest BCUT2D eigenvalue weighted by atomic mass is 9.97. The van der Waals surface area contributed by atoms with Crippen LogP contribution in [0.4, 0.5) is 0 Å². The SMILES string of the molecule is C[NH2+]CCOC(c1ccccc1)c1ccccc1C.[Cl-]. The van der Waals surface area contributed by atoms with Crippen molar-refractivity contribution in [1.29, 1.82) is 0 Å². The number of halogens is 1. The molecule has 0 radical (unpaired) electrons. The number of nitrogens with two attached hydrogens (primary N) is 1. The van der Waals surface area contributed by atoms with Crippen molar-refractivity contribution in [2.75, 3.05) is 20.2 Å². The second kappa shape index (κ2) is 8.75. The minimum absolute atomic E-state index is 0. The number of benzene rings is 2. The smallest absolute Gasteiger partial charge is 0.108 e. The van der Waals surface area contributed by atoms with Crippen molar-refractivity contribution in [3.8, 4) is 0 Å². The molecule has 0 aliphatic heterocycles. The standard InChI is InChI=1S/C17H21NO.ClH/c1-14-8-6-7-11-16(14)17(19-13-12-18-2)15-9-4-3-5-10-15;/h3-11,17-18H,12-13H2,1-2H3;1H. The molecule has 0 bridgehead atoms. The van der Waals surface area contributed by atoms with Gasteiger partial charge in [0.15, 0.2) is 0 Å². The van der Waals surface area contributed by atoms with E-state index in [0.717, 1.165) is 13.2 Å². The molecule has 2 nitrogen and oxygen atoms in total. The van der Waals surface area contributed by atoms with E-state index >= 15 is 0 Å². The first-order valence-electron chi connectivity index (χ1n) is 6.83. The number of hydrogen-bond donors (Lipinski definition) is 1. The highest BCUT2D eigenvalue weighted by atomic mass is 35.5. The molecule has 20 heavy (non-hydrogen) atoms. The van der Waals surface area contributed by atoms with Crippen LogP contribution in [0.25, 0.3) is 0 Å². The summed E-state index contributed by atoms with van der Waals surface area (Å²) >= 11 is 0. The van der Waals surface area contributed by atoms with Crippen molar-refractivity contribution in [2.24, 2.45) is 0 Å². The van der Waals surface area contributed by atoms with Crippen molar-refractivity contribution < 1.29 is 22.5 Å². The molecule has 0 saturated heterocycles. The largest absolute Gasteiger partial charge is 1.00 e. The second-order valence-electron chi connectivity index (χ2n) is 4.72. The fourth-order valence-electron chi connectivity index (χ4n) is 2.18. The highest BCUT2D eigenvalue weighted by molar-refractivity contribution is 5.35. The van der Waals surface area contributed by atoms with E-state index < -0.39 is 0 Å². The van der Waals surface area contributed by atoms with E-state index in [4.69, 9.17) is 4.74 Å². The summed E-state index contributed by atoms with van der Waals surface area (Å²) < 4.78 is 6.10. The van der Waals surface area contributed by atoms with Crippen molar-refractivity contribution in [3.05, 3.63) is 71.3 Å². The van der Waals surface area contributed by atoms with Gasteiger partial charge in [0.1, 0.15) is 6.10 Å². The Hall–Kier alpha value is -1.35. The number of quaternary nitrogens is 1. The molecule has 1 unspecified atom stereocenters. The summed E-state index contributed by atoms with van der Waals surface area (Å²) in [5.74, 6) is 0. The van der Waals surface area contributed by atoms with Crippen LogP contribution in [0.3, 0.4) is 0 Å². The van der Waals surface area contributed by atoms with Crippen LogP contribution in [-0.4, -0.2) is 20.2 Å². The summed E-state index contributed by atoms with van der Waals surface area (Å²) in [5.41, 5.74) is 3.74. The van der Waals surface area contributed by atoms with Gasteiger partial charge < -0.3 is 22.5 Å². The van der Waals surface area contributed by atoms with E-state index in [1.807, 2.05) is 6.07 Å². The molecule has 2 rings (SSSR count). The van der Waals surface area contributed by atoms with Gasteiger partial charge in [0.25, 0.3) is 0 Å². The molecular weight excluding hydrogens is 270 g/mol. The summed E-state index contributed by atoms with van der Waals surface area (Å²) in [6, 6.07) is 18.9. The molecule has 0 aromatic heterocycles. The predicted molar refractivity (Wildman–Crippen MR) is 78.1 cm³/mol. The molecule has 3 heteroatoms. The van der Waals surface area contributed by atoms with Gasteiger partial charge in [0, 0.05) is 0 Å². The highest BCUT2D eigenvalue weighted by Crippen LogP contribution is 2.27. The molecule has 108 valence electrons. The van der Waals surface area contributed by atoms with Crippen molar-refractivity contribution in [3.63, 3.8) is 0 Å². The zero-order valence-electron chi connectivity index (χ0n) is 12.1. The van der Waals surface area contributed by atoms with Crippen LogP contribution in [0.1, 0.15) is 22.8 Å². The molecule has 1 atom stereocenters. The Balaban J connectivity index is 0.00000200. The van der Waals surface area contributed by atoms with Crippen molar-refractivity contribution >= 4 is 0 Å². The molecule has 0 heterocycles. The first-order valence-corrected chi connectivity index (χ1v) is 6.83. The first kappa shape index (κ1) is 16.7. The molecule has 0 amide bonds. The average molecular weight is 292 g/mol. The Bertz CT molecular complexity index is 501. The monoisotopic (exact) mass is 291 g/mol. The van der Waals surface area contributed by atoms with Gasteiger partial charge in [-0.3, -0.25) is 0 Å². The van der Waals surface area contributed by atoms with Gasteiger partial charge in [-0.25, -0.2) is 0 Å². The lowest BCUT2D eigenvalue weighted by Gasteiger charge is -2.20. The van der Waals surface area contributed by atoms with Gasteiger partial charge in [0.2, 0.25) is 0 Å². The van der Waals surface area contributed by atoms with Crippen LogP contribution in [0.15, 0.2) is 54.6 Å². The van der Waals surface area contributed by atoms with Crippen LogP contribution < -0.4 is 17.7 Å². The van der Waals surface area contributed by atoms with Crippen LogP contribution in [-0.2, 0) is 4.74 Å². The van der Waals surface area contributed by atoms with E-state index in [1.165, 1.54) is 16.7 Å². The van der Waals surface area contributed by atoms with E-state index in [-0.39, 0.29) is 18.5 Å². The number of aryl methyl sites for hydroxylation is 1. The van der Waals surface area contributed by atoms with Gasteiger partial charge in [-0.2, -0.15) is 0 Å². The number of rotatable bonds is 6. The Morgan fingerprint density at radius 1 is 1.00 bits per heavy atom. The molecule has 0 aliphatic carbocycles. The second-order valence-corrected chi connectivity index (χ2v) is 4.72. The molecule has 0 fully saturated rings. The zero-order valence-corrected chi connectivity index (χ0v) is 12.8. The predicted octanol–water partition coefficient (Wildman–Crippen LogP) is -0.702. The zero-order chi connectivity index (χ0) is 13.5. The first-order chi connectivity index (χ1) is 9.33. The van der Waals surface area contributed by atoms with Crippen LogP contribution >= 0.6 is 0 Å². The maximum absolute atomic E-state index is 6.10. The number of likely N-dealkylation sites (N-methyl/N-ethyl adjacent to an activating group) is 1. The third kappa shape index (κ3) is 4.34. The normalized spacial score (nSPS) is 11.7. The third-order valence-corrected chi connectivity index (χ3v) is 3.26. The third-order valence-electron chi connectivity index (χ3n) is 3.26. The Morgan fingerprint density at radius 3 is 2.30 bits per heavy atom. The summed E-state index contributed by atoms with van der Waals surface area (Å²) in [6.45, 7) is 3.88. The summed E-state index contributed by atoms with van der Waals surface area (Å²) in [4.78, 5) is 0. The van der Waals surface area contributed by atoms with Gasteiger partial charge in [-0.05, 0) is 23.6 Å². The van der Waals surface area contributed by atoms with E-state index in [0.29, 0.717) is 0 Å². The fourth-order valence-corrected chi connectivity index (χ4v) is 2.18. The van der Waals surface area contributed by atoms with Gasteiger partial charge in [-0.15, -0.1) is 0 Å². The number of hydrogen-bond acceptors (Lipinski definition) is 1. The number of ether oxygens (including phenoxy) is 1. The van der Waals surface area contributed by atoms with Crippen molar-refractivity contribution in [1.82, 2.24) is 0 Å². The Labute approximate surface area is 127 Å². The van der Waals surface area contributed by atoms with E-state index in [9.17, 15) is 0 Å². The van der Waals surface area contributed by atoms with Crippen LogP contribution in [0.2, 0.25) is 0 Å². The Kier molecular flexibility index (Phi) is 7.31. The summed E-state index contributed by atoms with van der Waals surface area (Å²) in [5, 5.41) is 2.14. The molecule has 0 spiro atoms. The molecule has 2 aromatic rings. The van der Waals surface area contributed by atoms with Crippen LogP contribution in [0, 0.1) is 6.92 Å². The fraction of sp³-hybridized carbons (Fsp3) is 0.294.